The molecule has 0 aliphatic carbocycles. The van der Waals surface area contributed by atoms with E-state index in [-0.39, 0.29) is 17.8 Å². The number of carbonyl (C=O) groups excluding carboxylic acids is 1. The van der Waals surface area contributed by atoms with Gasteiger partial charge in [0.15, 0.2) is 0 Å². The summed E-state index contributed by atoms with van der Waals surface area (Å²) in [6, 6.07) is 3.78. The number of rotatable bonds is 1. The van der Waals surface area contributed by atoms with Gasteiger partial charge in [0, 0.05) is 29.6 Å². The first-order chi connectivity index (χ1) is 11.5. The lowest BCUT2D eigenvalue weighted by Crippen LogP contribution is -2.44. The molecular weight excluding hydrogens is 319 g/mol. The molecular formula is C17H14F3N3O. The second kappa shape index (κ2) is 5.51. The van der Waals surface area contributed by atoms with Crippen molar-refractivity contribution in [2.24, 2.45) is 0 Å². The van der Waals surface area contributed by atoms with Gasteiger partial charge in [-0.2, -0.15) is 4.39 Å². The van der Waals surface area contributed by atoms with Crippen LogP contribution >= 0.6 is 0 Å². The molecule has 124 valence electrons. The molecule has 4 rings (SSSR count). The highest BCUT2D eigenvalue weighted by Crippen LogP contribution is 2.44. The number of hydrogen-bond acceptors (Lipinski definition) is 2. The van der Waals surface area contributed by atoms with Crippen LogP contribution in [0.2, 0.25) is 0 Å². The highest BCUT2D eigenvalue weighted by Gasteiger charge is 2.43. The number of hydrogen-bond donors (Lipinski definition) is 1. The molecule has 2 aromatic rings. The number of halogens is 3. The van der Waals surface area contributed by atoms with Crippen molar-refractivity contribution in [3.8, 4) is 0 Å². The predicted molar refractivity (Wildman–Crippen MR) is 80.9 cm³/mol. The molecule has 1 saturated heterocycles. The SMILES string of the molecule is O=C(Nc1cc(F)cc(F)c1)N1[C@@H]2CC[C@H]1c1ccnc(F)c1C2. The van der Waals surface area contributed by atoms with Gasteiger partial charge in [-0.25, -0.2) is 18.6 Å². The summed E-state index contributed by atoms with van der Waals surface area (Å²) in [5, 5.41) is 2.54. The average Bonchev–Trinajstić information content (AvgIpc) is 2.83. The van der Waals surface area contributed by atoms with Crippen LogP contribution in [-0.4, -0.2) is 22.0 Å². The number of anilines is 1. The standard InChI is InChI=1S/C17H14F3N3O/c18-9-5-10(19)7-11(6-9)22-17(24)23-12-1-2-15(23)13-3-4-21-16(20)14(13)8-12/h3-7,12,15H,1-2,8H2,(H,22,24)/t12-,15+/m1/s1. The van der Waals surface area contributed by atoms with E-state index in [1.807, 2.05) is 0 Å². The summed E-state index contributed by atoms with van der Waals surface area (Å²) in [5.41, 5.74) is 1.38. The van der Waals surface area contributed by atoms with Crippen molar-refractivity contribution in [1.82, 2.24) is 9.88 Å². The number of pyridine rings is 1. The van der Waals surface area contributed by atoms with Gasteiger partial charge in [0.05, 0.1) is 6.04 Å². The summed E-state index contributed by atoms with van der Waals surface area (Å²) in [7, 11) is 0. The Hall–Kier alpha value is -2.57. The first-order valence-electron chi connectivity index (χ1n) is 7.71. The Morgan fingerprint density at radius 1 is 1.17 bits per heavy atom. The highest BCUT2D eigenvalue weighted by atomic mass is 19.1. The minimum absolute atomic E-state index is 0.0589. The minimum atomic E-state index is -0.759. The lowest BCUT2D eigenvalue weighted by atomic mass is 9.95. The Morgan fingerprint density at radius 2 is 1.92 bits per heavy atom. The third-order valence-corrected chi connectivity index (χ3v) is 4.69. The molecule has 1 aromatic carbocycles. The third kappa shape index (κ3) is 2.40. The summed E-state index contributed by atoms with van der Waals surface area (Å²) in [5.74, 6) is -2.01. The van der Waals surface area contributed by atoms with Crippen LogP contribution < -0.4 is 5.32 Å². The summed E-state index contributed by atoms with van der Waals surface area (Å²) in [4.78, 5) is 17.9. The van der Waals surface area contributed by atoms with Gasteiger partial charge in [-0.05, 0) is 43.0 Å². The first-order valence-corrected chi connectivity index (χ1v) is 7.71. The fraction of sp³-hybridized carbons (Fsp3) is 0.294. The lowest BCUT2D eigenvalue weighted by Gasteiger charge is -2.36. The molecule has 3 heterocycles. The number of nitrogens with one attached hydrogen (secondary N) is 1. The molecule has 1 aromatic heterocycles. The molecule has 0 spiro atoms. The minimum Gasteiger partial charge on any atom is -0.314 e. The second-order valence-electron chi connectivity index (χ2n) is 6.12. The molecule has 2 aliphatic rings. The van der Waals surface area contributed by atoms with Gasteiger partial charge in [0.1, 0.15) is 11.6 Å². The Kier molecular flexibility index (Phi) is 3.44. The van der Waals surface area contributed by atoms with E-state index in [1.54, 1.807) is 11.0 Å². The van der Waals surface area contributed by atoms with Crippen LogP contribution in [0.5, 0.6) is 0 Å². The smallest absolute Gasteiger partial charge is 0.314 e. The van der Waals surface area contributed by atoms with Gasteiger partial charge in [-0.3, -0.25) is 0 Å². The fourth-order valence-electron chi connectivity index (χ4n) is 3.74. The zero-order valence-corrected chi connectivity index (χ0v) is 12.6. The van der Waals surface area contributed by atoms with Crippen LogP contribution in [0.3, 0.4) is 0 Å². The molecule has 2 atom stereocenters. The van der Waals surface area contributed by atoms with Crippen LogP contribution in [0.25, 0.3) is 0 Å². The van der Waals surface area contributed by atoms with Crippen LogP contribution in [-0.2, 0) is 6.42 Å². The summed E-state index contributed by atoms with van der Waals surface area (Å²) in [6.07, 6.45) is 3.27. The van der Waals surface area contributed by atoms with E-state index >= 15 is 0 Å². The Labute approximate surface area is 136 Å². The van der Waals surface area contributed by atoms with E-state index in [0.29, 0.717) is 12.0 Å². The number of aromatic nitrogens is 1. The fourth-order valence-corrected chi connectivity index (χ4v) is 3.74. The molecule has 1 fully saturated rings. The molecule has 7 heteroatoms. The van der Waals surface area contributed by atoms with Gasteiger partial charge in [-0.15, -0.1) is 0 Å². The number of nitrogens with zero attached hydrogens (tertiary/aromatic N) is 2. The zero-order valence-electron chi connectivity index (χ0n) is 12.6. The molecule has 1 N–H and O–H groups in total. The topological polar surface area (TPSA) is 45.2 Å². The monoisotopic (exact) mass is 333 g/mol. The number of fused-ring (bicyclic) bond motifs is 4. The van der Waals surface area contributed by atoms with Crippen molar-refractivity contribution in [2.45, 2.75) is 31.3 Å². The maximum absolute atomic E-state index is 13.9. The summed E-state index contributed by atoms with van der Waals surface area (Å²) >= 11 is 0. The van der Waals surface area contributed by atoms with Crippen LogP contribution in [0.15, 0.2) is 30.5 Å². The van der Waals surface area contributed by atoms with E-state index in [1.165, 1.54) is 6.20 Å². The Bertz CT molecular complexity index is 806. The van der Waals surface area contributed by atoms with Gasteiger partial charge in [0.25, 0.3) is 0 Å². The maximum atomic E-state index is 13.9. The predicted octanol–water partition coefficient (Wildman–Crippen LogP) is 3.79. The number of urea groups is 1. The Morgan fingerprint density at radius 3 is 2.67 bits per heavy atom. The van der Waals surface area contributed by atoms with Crippen molar-refractivity contribution in [2.75, 3.05) is 5.32 Å². The van der Waals surface area contributed by atoms with Gasteiger partial charge in [-0.1, -0.05) is 0 Å². The molecule has 0 unspecified atom stereocenters. The van der Waals surface area contributed by atoms with Crippen molar-refractivity contribution in [1.29, 1.82) is 0 Å². The van der Waals surface area contributed by atoms with Crippen molar-refractivity contribution in [3.05, 3.63) is 59.2 Å². The average molecular weight is 333 g/mol. The summed E-state index contributed by atoms with van der Waals surface area (Å²) < 4.78 is 40.4. The molecule has 4 nitrogen and oxygen atoms in total. The van der Waals surface area contributed by atoms with Crippen LogP contribution in [0.1, 0.15) is 30.0 Å². The van der Waals surface area contributed by atoms with Gasteiger partial charge >= 0.3 is 6.03 Å². The van der Waals surface area contributed by atoms with E-state index in [4.69, 9.17) is 0 Å². The van der Waals surface area contributed by atoms with Crippen molar-refractivity contribution < 1.29 is 18.0 Å². The maximum Gasteiger partial charge on any atom is 0.322 e. The van der Waals surface area contributed by atoms with Crippen molar-refractivity contribution in [3.63, 3.8) is 0 Å². The van der Waals surface area contributed by atoms with Crippen LogP contribution in [0.4, 0.5) is 23.7 Å². The zero-order chi connectivity index (χ0) is 16.8. The number of amides is 2. The normalized spacial score (nSPS) is 21.5. The number of carbonyl (C=O) groups is 1. The van der Waals surface area contributed by atoms with Crippen molar-refractivity contribution >= 4 is 11.7 Å². The highest BCUT2D eigenvalue weighted by molar-refractivity contribution is 5.90. The van der Waals surface area contributed by atoms with E-state index in [0.717, 1.165) is 36.6 Å². The second-order valence-corrected chi connectivity index (χ2v) is 6.12. The molecule has 2 bridgehead atoms. The Balaban J connectivity index is 1.62. The van der Waals surface area contributed by atoms with E-state index in [2.05, 4.69) is 10.3 Å². The van der Waals surface area contributed by atoms with E-state index in [9.17, 15) is 18.0 Å². The first kappa shape index (κ1) is 15.0. The summed E-state index contributed by atoms with van der Waals surface area (Å²) in [6.45, 7) is 0. The third-order valence-electron chi connectivity index (χ3n) is 4.69. The van der Waals surface area contributed by atoms with Gasteiger partial charge < -0.3 is 10.2 Å². The molecule has 0 radical (unpaired) electrons. The van der Waals surface area contributed by atoms with E-state index < -0.39 is 23.6 Å². The quantitative estimate of drug-likeness (QED) is 0.807. The molecule has 24 heavy (non-hydrogen) atoms. The molecule has 2 amide bonds. The van der Waals surface area contributed by atoms with Crippen LogP contribution in [0, 0.1) is 17.6 Å². The lowest BCUT2D eigenvalue weighted by molar-refractivity contribution is 0.178. The molecule has 0 saturated carbocycles. The largest absolute Gasteiger partial charge is 0.322 e. The molecule has 2 aliphatic heterocycles. The van der Waals surface area contributed by atoms with Gasteiger partial charge in [0.2, 0.25) is 5.95 Å². The number of benzene rings is 1.